The van der Waals surface area contributed by atoms with Gasteiger partial charge in [-0.2, -0.15) is 5.26 Å². The van der Waals surface area contributed by atoms with Gasteiger partial charge in [0.2, 0.25) is 5.88 Å². The SMILES string of the molecule is CCOc1cc(C2C(C#N)=C(N)Oc3cc(OC(=O)c4ccccc4C)ccc32)ccc1OCCC(C)C. The second-order valence-electron chi connectivity index (χ2n) is 9.50. The summed E-state index contributed by atoms with van der Waals surface area (Å²) in [6.07, 6.45) is 0.926. The summed E-state index contributed by atoms with van der Waals surface area (Å²) in [7, 11) is 0. The van der Waals surface area contributed by atoms with Gasteiger partial charge in [-0.25, -0.2) is 4.79 Å². The summed E-state index contributed by atoms with van der Waals surface area (Å²) < 4.78 is 23.3. The molecule has 0 spiro atoms. The van der Waals surface area contributed by atoms with Crippen LogP contribution < -0.4 is 24.7 Å². The lowest BCUT2D eigenvalue weighted by atomic mass is 9.83. The first kappa shape index (κ1) is 26.6. The monoisotopic (exact) mass is 512 g/mol. The topological polar surface area (TPSA) is 104 Å². The molecule has 1 aliphatic heterocycles. The van der Waals surface area contributed by atoms with Crippen molar-refractivity contribution in [2.75, 3.05) is 13.2 Å². The molecule has 3 aromatic rings. The number of allylic oxidation sites excluding steroid dienone is 1. The van der Waals surface area contributed by atoms with Gasteiger partial charge in [0.15, 0.2) is 11.5 Å². The standard InChI is InChI=1S/C31H32N2O5/c1-5-35-28-16-21(10-13-26(28)36-15-14-19(2)3)29-24-12-11-22(17-27(24)38-30(33)25(29)18-32)37-31(34)23-9-7-6-8-20(23)4/h6-13,16-17,19,29H,5,14-15,33H2,1-4H3. The highest BCUT2D eigenvalue weighted by Gasteiger charge is 2.32. The number of rotatable bonds is 9. The number of fused-ring (bicyclic) bond motifs is 1. The lowest BCUT2D eigenvalue weighted by Gasteiger charge is -2.27. The molecule has 1 aliphatic rings. The van der Waals surface area contributed by atoms with E-state index in [2.05, 4.69) is 19.9 Å². The smallest absolute Gasteiger partial charge is 0.343 e. The number of nitriles is 1. The number of hydrogen-bond acceptors (Lipinski definition) is 7. The predicted octanol–water partition coefficient (Wildman–Crippen LogP) is 6.26. The van der Waals surface area contributed by atoms with E-state index in [4.69, 9.17) is 24.7 Å². The van der Waals surface area contributed by atoms with Crippen LogP contribution >= 0.6 is 0 Å². The third-order valence-corrected chi connectivity index (χ3v) is 6.32. The minimum absolute atomic E-state index is 0.00241. The molecule has 0 aromatic heterocycles. The van der Waals surface area contributed by atoms with E-state index < -0.39 is 11.9 Å². The van der Waals surface area contributed by atoms with Crippen LogP contribution in [0, 0.1) is 24.2 Å². The van der Waals surface area contributed by atoms with Gasteiger partial charge in [0.05, 0.1) is 24.7 Å². The van der Waals surface area contributed by atoms with Crippen LogP contribution in [0.3, 0.4) is 0 Å². The van der Waals surface area contributed by atoms with E-state index in [1.165, 1.54) is 0 Å². The Labute approximate surface area is 223 Å². The predicted molar refractivity (Wildman–Crippen MR) is 144 cm³/mol. The van der Waals surface area contributed by atoms with E-state index in [9.17, 15) is 10.1 Å². The molecule has 0 amide bonds. The maximum Gasteiger partial charge on any atom is 0.343 e. The average Bonchev–Trinajstić information content (AvgIpc) is 2.88. The molecule has 196 valence electrons. The lowest BCUT2D eigenvalue weighted by Crippen LogP contribution is -2.21. The van der Waals surface area contributed by atoms with Crippen LogP contribution in [0.4, 0.5) is 0 Å². The van der Waals surface area contributed by atoms with Crippen LogP contribution in [0.25, 0.3) is 0 Å². The molecule has 1 unspecified atom stereocenters. The van der Waals surface area contributed by atoms with Crippen molar-refractivity contribution in [2.45, 2.75) is 40.0 Å². The third-order valence-electron chi connectivity index (χ3n) is 6.32. The number of nitrogens with zero attached hydrogens (tertiary/aromatic N) is 1. The summed E-state index contributed by atoms with van der Waals surface area (Å²) in [4.78, 5) is 12.7. The molecular weight excluding hydrogens is 480 g/mol. The number of nitrogens with two attached hydrogens (primary N) is 1. The summed E-state index contributed by atoms with van der Waals surface area (Å²) in [5.41, 5.74) is 9.30. The summed E-state index contributed by atoms with van der Waals surface area (Å²) in [6.45, 7) is 9.10. The molecule has 2 N–H and O–H groups in total. The fourth-order valence-corrected chi connectivity index (χ4v) is 4.30. The van der Waals surface area contributed by atoms with Crippen LogP contribution in [0.2, 0.25) is 0 Å². The minimum Gasteiger partial charge on any atom is -0.490 e. The normalized spacial score (nSPS) is 14.4. The van der Waals surface area contributed by atoms with Gasteiger partial charge in [-0.3, -0.25) is 0 Å². The van der Waals surface area contributed by atoms with Gasteiger partial charge in [0.1, 0.15) is 23.1 Å². The number of carbonyl (C=O) groups excluding carboxylic acids is 1. The molecule has 4 rings (SSSR count). The number of esters is 1. The van der Waals surface area contributed by atoms with Crippen molar-refractivity contribution >= 4 is 5.97 Å². The first-order valence-electron chi connectivity index (χ1n) is 12.7. The number of ether oxygens (including phenoxy) is 4. The third kappa shape index (κ3) is 5.76. The molecule has 7 heteroatoms. The Morgan fingerprint density at radius 1 is 1.08 bits per heavy atom. The van der Waals surface area contributed by atoms with Gasteiger partial charge in [-0.1, -0.05) is 44.2 Å². The van der Waals surface area contributed by atoms with Crippen LogP contribution in [-0.4, -0.2) is 19.2 Å². The Hall–Kier alpha value is -4.44. The molecule has 0 radical (unpaired) electrons. The highest BCUT2D eigenvalue weighted by molar-refractivity contribution is 5.92. The van der Waals surface area contributed by atoms with Crippen LogP contribution in [0.5, 0.6) is 23.0 Å². The van der Waals surface area contributed by atoms with Gasteiger partial charge in [-0.05, 0) is 61.6 Å². The Kier molecular flexibility index (Phi) is 8.22. The van der Waals surface area contributed by atoms with Gasteiger partial charge in [0, 0.05) is 11.6 Å². The van der Waals surface area contributed by atoms with Crippen LogP contribution in [0.1, 0.15) is 60.2 Å². The summed E-state index contributed by atoms with van der Waals surface area (Å²) >= 11 is 0. The molecule has 38 heavy (non-hydrogen) atoms. The van der Waals surface area contributed by atoms with Crippen molar-refractivity contribution in [1.29, 1.82) is 5.26 Å². The molecule has 3 aromatic carbocycles. The van der Waals surface area contributed by atoms with Crippen molar-refractivity contribution in [1.82, 2.24) is 0 Å². The summed E-state index contributed by atoms with van der Waals surface area (Å²) in [5.74, 6) is 1.54. The Bertz CT molecular complexity index is 1400. The number of aryl methyl sites for hydroxylation is 1. The average molecular weight is 513 g/mol. The second kappa shape index (κ2) is 11.7. The molecule has 0 bridgehead atoms. The van der Waals surface area contributed by atoms with E-state index in [1.807, 2.05) is 44.2 Å². The molecular formula is C31H32N2O5. The van der Waals surface area contributed by atoms with Crippen molar-refractivity contribution in [3.63, 3.8) is 0 Å². The first-order chi connectivity index (χ1) is 18.3. The minimum atomic E-state index is -0.492. The number of benzene rings is 3. The maximum absolute atomic E-state index is 12.7. The molecule has 7 nitrogen and oxygen atoms in total. The van der Waals surface area contributed by atoms with Crippen LogP contribution in [-0.2, 0) is 0 Å². The fraction of sp³-hybridized carbons (Fsp3) is 0.290. The zero-order valence-corrected chi connectivity index (χ0v) is 22.1. The Balaban J connectivity index is 1.67. The van der Waals surface area contributed by atoms with E-state index in [-0.39, 0.29) is 11.5 Å². The van der Waals surface area contributed by atoms with Crippen molar-refractivity contribution < 1.29 is 23.7 Å². The van der Waals surface area contributed by atoms with E-state index in [0.717, 1.165) is 23.1 Å². The number of hydrogen-bond donors (Lipinski definition) is 1. The fourth-order valence-electron chi connectivity index (χ4n) is 4.30. The highest BCUT2D eigenvalue weighted by atomic mass is 16.5. The van der Waals surface area contributed by atoms with Gasteiger partial charge in [-0.15, -0.1) is 0 Å². The van der Waals surface area contributed by atoms with E-state index in [1.54, 1.807) is 30.3 Å². The zero-order chi connectivity index (χ0) is 27.2. The van der Waals surface area contributed by atoms with Crippen LogP contribution in [0.15, 0.2) is 72.1 Å². The molecule has 0 fully saturated rings. The molecule has 1 heterocycles. The molecule has 0 saturated heterocycles. The highest BCUT2D eigenvalue weighted by Crippen LogP contribution is 2.45. The zero-order valence-electron chi connectivity index (χ0n) is 22.1. The first-order valence-corrected chi connectivity index (χ1v) is 12.7. The van der Waals surface area contributed by atoms with Crippen molar-refractivity contribution in [3.05, 3.63) is 94.4 Å². The van der Waals surface area contributed by atoms with Gasteiger partial charge < -0.3 is 24.7 Å². The van der Waals surface area contributed by atoms with E-state index in [0.29, 0.717) is 47.7 Å². The van der Waals surface area contributed by atoms with Crippen molar-refractivity contribution in [2.24, 2.45) is 11.7 Å². The van der Waals surface area contributed by atoms with Crippen molar-refractivity contribution in [3.8, 4) is 29.1 Å². The van der Waals surface area contributed by atoms with Gasteiger partial charge in [0.25, 0.3) is 0 Å². The Morgan fingerprint density at radius 3 is 2.58 bits per heavy atom. The quantitative estimate of drug-likeness (QED) is 0.267. The van der Waals surface area contributed by atoms with E-state index >= 15 is 0 Å². The second-order valence-corrected chi connectivity index (χ2v) is 9.50. The molecule has 1 atom stereocenters. The lowest BCUT2D eigenvalue weighted by molar-refractivity contribution is 0.0733. The van der Waals surface area contributed by atoms with Gasteiger partial charge >= 0.3 is 5.97 Å². The summed E-state index contributed by atoms with van der Waals surface area (Å²) in [6, 6.07) is 20.2. The summed E-state index contributed by atoms with van der Waals surface area (Å²) in [5, 5.41) is 9.95. The Morgan fingerprint density at radius 2 is 1.87 bits per heavy atom. The number of carbonyl (C=O) groups is 1. The molecule has 0 aliphatic carbocycles. The maximum atomic E-state index is 12.7. The molecule has 0 saturated carbocycles. The largest absolute Gasteiger partial charge is 0.490 e.